The Labute approximate surface area is 121 Å². The first-order chi connectivity index (χ1) is 9.89. The quantitative estimate of drug-likeness (QED) is 0.611. The van der Waals surface area contributed by atoms with Gasteiger partial charge in [0.15, 0.2) is 5.58 Å². The molecule has 0 aliphatic carbocycles. The highest BCUT2D eigenvalue weighted by molar-refractivity contribution is 6.36. The zero-order valence-corrected chi connectivity index (χ0v) is 11.0. The van der Waals surface area contributed by atoms with E-state index < -0.39 is 17.5 Å². The van der Waals surface area contributed by atoms with Gasteiger partial charge in [0.05, 0.1) is 10.9 Å². The third-order valence-electron chi connectivity index (χ3n) is 3.03. The molecule has 0 saturated heterocycles. The van der Waals surface area contributed by atoms with E-state index in [4.69, 9.17) is 16.1 Å². The van der Waals surface area contributed by atoms with Gasteiger partial charge >= 0.3 is 6.18 Å². The van der Waals surface area contributed by atoms with Crippen LogP contribution >= 0.6 is 11.6 Å². The molecule has 0 atom stereocenters. The molecule has 0 saturated carbocycles. The lowest BCUT2D eigenvalue weighted by Crippen LogP contribution is -2.06. The SMILES string of the molecule is [O]c1ccc2c(-c3ccccc3C(F)(F)F)noc2c1Cl. The third-order valence-corrected chi connectivity index (χ3v) is 3.39. The smallest absolute Gasteiger partial charge is 0.354 e. The molecular weight excluding hydrogens is 307 g/mol. The van der Waals surface area contributed by atoms with Crippen LogP contribution in [0.15, 0.2) is 40.9 Å². The molecule has 1 radical (unpaired) electrons. The highest BCUT2D eigenvalue weighted by atomic mass is 35.5. The fraction of sp³-hybridized carbons (Fsp3) is 0.0714. The highest BCUT2D eigenvalue weighted by Crippen LogP contribution is 2.41. The topological polar surface area (TPSA) is 45.9 Å². The lowest BCUT2D eigenvalue weighted by molar-refractivity contribution is -0.137. The zero-order chi connectivity index (χ0) is 15.2. The first-order valence-electron chi connectivity index (χ1n) is 5.81. The molecule has 0 N–H and O–H groups in total. The Morgan fingerprint density at radius 2 is 1.81 bits per heavy atom. The molecule has 0 fully saturated rings. The van der Waals surface area contributed by atoms with Gasteiger partial charge in [-0.15, -0.1) is 0 Å². The molecule has 1 heterocycles. The normalized spacial score (nSPS) is 12.0. The van der Waals surface area contributed by atoms with Crippen LogP contribution in [0.5, 0.6) is 5.75 Å². The monoisotopic (exact) mass is 312 g/mol. The van der Waals surface area contributed by atoms with E-state index in [2.05, 4.69) is 5.16 Å². The van der Waals surface area contributed by atoms with Crippen molar-refractivity contribution in [3.63, 3.8) is 0 Å². The number of hydrogen-bond donors (Lipinski definition) is 0. The van der Waals surface area contributed by atoms with Gasteiger partial charge in [0.1, 0.15) is 10.7 Å². The second-order valence-electron chi connectivity index (χ2n) is 4.33. The summed E-state index contributed by atoms with van der Waals surface area (Å²) in [5.74, 6) is -0.476. The van der Waals surface area contributed by atoms with Gasteiger partial charge in [-0.1, -0.05) is 35.0 Å². The van der Waals surface area contributed by atoms with Crippen LogP contribution < -0.4 is 0 Å². The molecule has 0 unspecified atom stereocenters. The predicted molar refractivity (Wildman–Crippen MR) is 69.6 cm³/mol. The molecule has 1 aromatic heterocycles. The Bertz CT molecular complexity index is 827. The second-order valence-corrected chi connectivity index (χ2v) is 4.71. The van der Waals surface area contributed by atoms with Crippen molar-refractivity contribution < 1.29 is 22.8 Å². The second kappa shape index (κ2) is 4.66. The average molecular weight is 313 g/mol. The summed E-state index contributed by atoms with van der Waals surface area (Å²) in [7, 11) is 0. The highest BCUT2D eigenvalue weighted by Gasteiger charge is 2.34. The Morgan fingerprint density at radius 3 is 2.52 bits per heavy atom. The Morgan fingerprint density at radius 1 is 1.10 bits per heavy atom. The van der Waals surface area contributed by atoms with Crippen molar-refractivity contribution in [3.05, 3.63) is 47.0 Å². The van der Waals surface area contributed by atoms with Gasteiger partial charge in [0, 0.05) is 5.56 Å². The fourth-order valence-electron chi connectivity index (χ4n) is 2.09. The summed E-state index contributed by atoms with van der Waals surface area (Å²) in [5.41, 5.74) is -0.975. The van der Waals surface area contributed by atoms with E-state index in [1.807, 2.05) is 0 Å². The van der Waals surface area contributed by atoms with Gasteiger partial charge in [0.2, 0.25) is 5.75 Å². The van der Waals surface area contributed by atoms with Crippen LogP contribution in [0, 0.1) is 0 Å². The molecule has 2 aromatic carbocycles. The first-order valence-corrected chi connectivity index (χ1v) is 6.19. The van der Waals surface area contributed by atoms with E-state index in [1.165, 1.54) is 30.3 Å². The van der Waals surface area contributed by atoms with Crippen molar-refractivity contribution in [1.82, 2.24) is 5.16 Å². The number of halogens is 4. The van der Waals surface area contributed by atoms with E-state index in [0.717, 1.165) is 6.07 Å². The van der Waals surface area contributed by atoms with Crippen LogP contribution in [0.3, 0.4) is 0 Å². The first kappa shape index (κ1) is 13.8. The Kier molecular flexibility index (Phi) is 3.06. The lowest BCUT2D eigenvalue weighted by Gasteiger charge is -2.10. The van der Waals surface area contributed by atoms with Crippen LogP contribution in [0.2, 0.25) is 5.02 Å². The largest absolute Gasteiger partial charge is 0.417 e. The number of hydrogen-bond acceptors (Lipinski definition) is 2. The van der Waals surface area contributed by atoms with Crippen molar-refractivity contribution in [3.8, 4) is 17.0 Å². The lowest BCUT2D eigenvalue weighted by atomic mass is 10.0. The van der Waals surface area contributed by atoms with Gasteiger partial charge in [0.25, 0.3) is 0 Å². The summed E-state index contributed by atoms with van der Waals surface area (Å²) in [6.45, 7) is 0. The van der Waals surface area contributed by atoms with Crippen molar-refractivity contribution in [2.75, 3.05) is 0 Å². The Hall–Kier alpha value is -2.21. The molecule has 0 spiro atoms. The molecular formula is C14H6ClF3NO2. The molecule has 0 bridgehead atoms. The van der Waals surface area contributed by atoms with E-state index in [-0.39, 0.29) is 27.2 Å². The zero-order valence-electron chi connectivity index (χ0n) is 10.2. The summed E-state index contributed by atoms with van der Waals surface area (Å²) >= 11 is 5.79. The van der Waals surface area contributed by atoms with Gasteiger partial charge in [-0.25, -0.2) is 0 Å². The molecule has 0 amide bonds. The average Bonchev–Trinajstić information content (AvgIpc) is 2.86. The van der Waals surface area contributed by atoms with Crippen LogP contribution in [-0.4, -0.2) is 5.16 Å². The summed E-state index contributed by atoms with van der Waals surface area (Å²) in [4.78, 5) is 0. The van der Waals surface area contributed by atoms with Gasteiger partial charge in [-0.2, -0.15) is 13.2 Å². The molecule has 107 valence electrons. The Balaban J connectivity index is 2.30. The van der Waals surface area contributed by atoms with Gasteiger partial charge < -0.3 is 4.52 Å². The number of alkyl halides is 3. The minimum atomic E-state index is -4.52. The van der Waals surface area contributed by atoms with Gasteiger partial charge in [-0.3, -0.25) is 5.11 Å². The number of benzene rings is 2. The minimum Gasteiger partial charge on any atom is -0.354 e. The maximum atomic E-state index is 13.0. The fourth-order valence-corrected chi connectivity index (χ4v) is 2.28. The molecule has 3 nitrogen and oxygen atoms in total. The van der Waals surface area contributed by atoms with Gasteiger partial charge in [-0.05, 0) is 18.2 Å². The van der Waals surface area contributed by atoms with Crippen molar-refractivity contribution in [2.45, 2.75) is 6.18 Å². The van der Waals surface area contributed by atoms with E-state index >= 15 is 0 Å². The molecule has 3 aromatic rings. The van der Waals surface area contributed by atoms with E-state index in [9.17, 15) is 18.3 Å². The van der Waals surface area contributed by atoms with Crippen molar-refractivity contribution >= 4 is 22.6 Å². The van der Waals surface area contributed by atoms with Crippen LogP contribution in [-0.2, 0) is 11.3 Å². The van der Waals surface area contributed by atoms with Crippen LogP contribution in [0.1, 0.15) is 5.56 Å². The van der Waals surface area contributed by atoms with E-state index in [0.29, 0.717) is 0 Å². The van der Waals surface area contributed by atoms with Crippen molar-refractivity contribution in [1.29, 1.82) is 0 Å². The molecule has 0 aliphatic rings. The molecule has 3 rings (SSSR count). The maximum Gasteiger partial charge on any atom is 0.417 e. The summed E-state index contributed by atoms with van der Waals surface area (Å²) < 4.78 is 44.1. The molecule has 21 heavy (non-hydrogen) atoms. The third kappa shape index (κ3) is 2.21. The van der Waals surface area contributed by atoms with E-state index in [1.54, 1.807) is 0 Å². The predicted octanol–water partition coefficient (Wildman–Crippen LogP) is 5.31. The molecule has 7 heteroatoms. The minimum absolute atomic E-state index is 0.000162. The number of aromatic nitrogens is 1. The molecule has 0 aliphatic heterocycles. The maximum absolute atomic E-state index is 13.0. The number of fused-ring (bicyclic) bond motifs is 1. The summed E-state index contributed by atoms with van der Waals surface area (Å²) in [5, 5.41) is 15.1. The number of nitrogens with zero attached hydrogens (tertiary/aromatic N) is 1. The standard InChI is InChI=1S/C14H6ClF3NO2/c15-11-10(20)6-5-8-12(19-21-13(8)11)7-3-1-2-4-9(7)14(16,17)18/h1-6H. The summed E-state index contributed by atoms with van der Waals surface area (Å²) in [6.07, 6.45) is -4.52. The summed E-state index contributed by atoms with van der Waals surface area (Å²) in [6, 6.07) is 7.52. The van der Waals surface area contributed by atoms with Crippen LogP contribution in [0.25, 0.3) is 22.2 Å². The van der Waals surface area contributed by atoms with Crippen molar-refractivity contribution in [2.24, 2.45) is 0 Å². The van der Waals surface area contributed by atoms with Crippen LogP contribution in [0.4, 0.5) is 13.2 Å². The number of rotatable bonds is 1.